The van der Waals surface area contributed by atoms with Gasteiger partial charge in [0.05, 0.1) is 7.11 Å². The lowest BCUT2D eigenvalue weighted by Crippen LogP contribution is -2.16. The summed E-state index contributed by atoms with van der Waals surface area (Å²) >= 11 is 0. The molecule has 3 nitrogen and oxygen atoms in total. The second-order valence-electron chi connectivity index (χ2n) is 4.43. The van der Waals surface area contributed by atoms with E-state index in [2.05, 4.69) is 10.8 Å². The van der Waals surface area contributed by atoms with Crippen LogP contribution in [0.15, 0.2) is 30.3 Å². The molecule has 3 heteroatoms. The summed E-state index contributed by atoms with van der Waals surface area (Å²) in [5.74, 6) is -1.39. The molecule has 0 bridgehead atoms. The Bertz CT molecular complexity index is 660. The van der Waals surface area contributed by atoms with Gasteiger partial charge in [-0.25, -0.2) is 4.79 Å². The highest BCUT2D eigenvalue weighted by molar-refractivity contribution is 6.43. The van der Waals surface area contributed by atoms with Crippen molar-refractivity contribution in [2.45, 2.75) is 12.8 Å². The summed E-state index contributed by atoms with van der Waals surface area (Å²) in [4.78, 5) is 23.3. The fraction of sp³-hybridized carbons (Fsp3) is 0.200. The van der Waals surface area contributed by atoms with E-state index < -0.39 is 11.8 Å². The van der Waals surface area contributed by atoms with Gasteiger partial charge in [0.25, 0.3) is 5.78 Å². The molecule has 0 N–H and O–H groups in total. The van der Waals surface area contributed by atoms with Gasteiger partial charge in [-0.05, 0) is 40.8 Å². The van der Waals surface area contributed by atoms with Crippen LogP contribution in [0.2, 0.25) is 0 Å². The molecule has 0 radical (unpaired) electrons. The minimum Gasteiger partial charge on any atom is -0.463 e. The van der Waals surface area contributed by atoms with Crippen LogP contribution in [0.4, 0.5) is 0 Å². The van der Waals surface area contributed by atoms with Gasteiger partial charge >= 0.3 is 5.97 Å². The largest absolute Gasteiger partial charge is 0.463 e. The maximum atomic E-state index is 12.0. The molecular formula is C15H12O3. The number of hydrogen-bond acceptors (Lipinski definition) is 3. The van der Waals surface area contributed by atoms with Gasteiger partial charge in [0, 0.05) is 5.56 Å². The number of methoxy groups -OCH3 is 1. The van der Waals surface area contributed by atoms with Crippen molar-refractivity contribution in [3.05, 3.63) is 47.0 Å². The first-order valence-corrected chi connectivity index (χ1v) is 5.88. The molecule has 1 aliphatic rings. The zero-order valence-electron chi connectivity index (χ0n) is 10.0. The van der Waals surface area contributed by atoms with Gasteiger partial charge in [-0.3, -0.25) is 4.79 Å². The second-order valence-corrected chi connectivity index (χ2v) is 4.43. The smallest absolute Gasteiger partial charge is 0.379 e. The lowest BCUT2D eigenvalue weighted by atomic mass is 9.97. The van der Waals surface area contributed by atoms with E-state index in [1.807, 2.05) is 18.2 Å². The molecule has 0 aliphatic heterocycles. The average molecular weight is 240 g/mol. The third-order valence-corrected chi connectivity index (χ3v) is 3.49. The Morgan fingerprint density at radius 3 is 2.50 bits per heavy atom. The van der Waals surface area contributed by atoms with Crippen molar-refractivity contribution >= 4 is 22.5 Å². The van der Waals surface area contributed by atoms with E-state index in [1.54, 1.807) is 6.07 Å². The Labute approximate surface area is 104 Å². The number of hydrogen-bond donors (Lipinski definition) is 0. The van der Waals surface area contributed by atoms with Crippen LogP contribution < -0.4 is 0 Å². The first-order valence-electron chi connectivity index (χ1n) is 5.88. The number of carbonyl (C=O) groups excluding carboxylic acids is 2. The Hall–Kier alpha value is -2.16. The van der Waals surface area contributed by atoms with E-state index in [0.717, 1.165) is 23.6 Å². The maximum absolute atomic E-state index is 12.0. The van der Waals surface area contributed by atoms with Crippen molar-refractivity contribution < 1.29 is 14.3 Å². The molecule has 0 aromatic heterocycles. The Morgan fingerprint density at radius 1 is 1.06 bits per heavy atom. The van der Waals surface area contributed by atoms with Crippen LogP contribution >= 0.6 is 0 Å². The van der Waals surface area contributed by atoms with E-state index in [9.17, 15) is 9.59 Å². The molecular weight excluding hydrogens is 228 g/mol. The molecule has 0 spiro atoms. The summed E-state index contributed by atoms with van der Waals surface area (Å²) < 4.78 is 4.50. The molecule has 1 aliphatic carbocycles. The normalized spacial score (nSPS) is 12.7. The molecule has 0 unspecified atom stereocenters. The number of ketones is 1. The Kier molecular flexibility index (Phi) is 2.40. The van der Waals surface area contributed by atoms with Crippen LogP contribution in [0.25, 0.3) is 10.8 Å². The number of ether oxygens (including phenoxy) is 1. The van der Waals surface area contributed by atoms with E-state index in [1.165, 1.54) is 18.2 Å². The summed E-state index contributed by atoms with van der Waals surface area (Å²) in [6, 6.07) is 9.57. The van der Waals surface area contributed by atoms with Gasteiger partial charge in [-0.2, -0.15) is 0 Å². The van der Waals surface area contributed by atoms with Crippen LogP contribution in [0.3, 0.4) is 0 Å². The number of benzene rings is 2. The van der Waals surface area contributed by atoms with Crippen LogP contribution in [0, 0.1) is 0 Å². The van der Waals surface area contributed by atoms with Crippen LogP contribution in [-0.2, 0) is 22.4 Å². The summed E-state index contributed by atoms with van der Waals surface area (Å²) in [6.07, 6.45) is 2.01. The second kappa shape index (κ2) is 3.95. The predicted molar refractivity (Wildman–Crippen MR) is 67.7 cm³/mol. The molecule has 0 heterocycles. The summed E-state index contributed by atoms with van der Waals surface area (Å²) in [5, 5.41) is 1.99. The number of esters is 1. The molecule has 0 saturated carbocycles. The number of Topliss-reactive ketones (excluding diaryl/α,β-unsaturated/α-hetero) is 1. The van der Waals surface area contributed by atoms with Crippen LogP contribution in [-0.4, -0.2) is 18.9 Å². The number of aryl methyl sites for hydroxylation is 2. The third kappa shape index (κ3) is 1.44. The van der Waals surface area contributed by atoms with Crippen LogP contribution in [0.1, 0.15) is 21.5 Å². The SMILES string of the molecule is COC(=O)C(=O)c1ccc2c3c(cccc13)CC2. The van der Waals surface area contributed by atoms with Gasteiger partial charge < -0.3 is 4.74 Å². The number of carbonyl (C=O) groups is 2. The van der Waals surface area contributed by atoms with Gasteiger partial charge in [-0.1, -0.05) is 24.3 Å². The van der Waals surface area contributed by atoms with E-state index in [0.29, 0.717) is 5.56 Å². The fourth-order valence-electron chi connectivity index (χ4n) is 2.65. The van der Waals surface area contributed by atoms with E-state index >= 15 is 0 Å². The monoisotopic (exact) mass is 240 g/mol. The standard InChI is InChI=1S/C15H12O3/c1-18-15(17)14(16)12-8-7-10-6-5-9-3-2-4-11(12)13(9)10/h2-4,7-8H,5-6H2,1H3. The molecule has 18 heavy (non-hydrogen) atoms. The third-order valence-electron chi connectivity index (χ3n) is 3.49. The Balaban J connectivity index is 2.27. The highest BCUT2D eigenvalue weighted by Gasteiger charge is 2.22. The van der Waals surface area contributed by atoms with E-state index in [4.69, 9.17) is 0 Å². The predicted octanol–water partition coefficient (Wildman–Crippen LogP) is 2.29. The zero-order valence-corrected chi connectivity index (χ0v) is 10.0. The molecule has 90 valence electrons. The van der Waals surface area contributed by atoms with Crippen molar-refractivity contribution in [1.82, 2.24) is 0 Å². The van der Waals surface area contributed by atoms with E-state index in [-0.39, 0.29) is 0 Å². The maximum Gasteiger partial charge on any atom is 0.379 e. The number of rotatable bonds is 2. The first kappa shape index (κ1) is 11.0. The molecule has 0 amide bonds. The van der Waals surface area contributed by atoms with Gasteiger partial charge in [0.2, 0.25) is 0 Å². The lowest BCUT2D eigenvalue weighted by molar-refractivity contribution is -0.135. The van der Waals surface area contributed by atoms with Crippen LogP contribution in [0.5, 0.6) is 0 Å². The summed E-state index contributed by atoms with van der Waals surface area (Å²) in [6.45, 7) is 0. The van der Waals surface area contributed by atoms with Gasteiger partial charge in [-0.15, -0.1) is 0 Å². The molecule has 3 rings (SSSR count). The van der Waals surface area contributed by atoms with Crippen molar-refractivity contribution in [3.63, 3.8) is 0 Å². The molecule has 0 fully saturated rings. The van der Waals surface area contributed by atoms with Crippen molar-refractivity contribution in [1.29, 1.82) is 0 Å². The molecule has 0 atom stereocenters. The average Bonchev–Trinajstić information content (AvgIpc) is 2.83. The fourth-order valence-corrected chi connectivity index (χ4v) is 2.65. The topological polar surface area (TPSA) is 43.4 Å². The molecule has 0 saturated heterocycles. The minimum atomic E-state index is -0.811. The van der Waals surface area contributed by atoms with Crippen molar-refractivity contribution in [2.75, 3.05) is 7.11 Å². The first-order chi connectivity index (χ1) is 8.72. The molecule has 2 aromatic rings. The molecule has 2 aromatic carbocycles. The van der Waals surface area contributed by atoms with Gasteiger partial charge in [0.1, 0.15) is 0 Å². The van der Waals surface area contributed by atoms with Crippen molar-refractivity contribution in [2.24, 2.45) is 0 Å². The van der Waals surface area contributed by atoms with Crippen molar-refractivity contribution in [3.8, 4) is 0 Å². The highest BCUT2D eigenvalue weighted by Crippen LogP contribution is 2.32. The van der Waals surface area contributed by atoms with Gasteiger partial charge in [0.15, 0.2) is 0 Å². The minimum absolute atomic E-state index is 0.435. The summed E-state index contributed by atoms with van der Waals surface area (Å²) in [5.41, 5.74) is 2.94. The highest BCUT2D eigenvalue weighted by atomic mass is 16.5. The summed E-state index contributed by atoms with van der Waals surface area (Å²) in [7, 11) is 1.22. The Morgan fingerprint density at radius 2 is 1.78 bits per heavy atom. The zero-order chi connectivity index (χ0) is 12.7. The quantitative estimate of drug-likeness (QED) is 0.459. The lowest BCUT2D eigenvalue weighted by Gasteiger charge is -2.07.